The number of nitriles is 1. The number of amides is 1. The number of nitrogens with two attached hydrogens (primary N) is 2. The lowest BCUT2D eigenvalue weighted by atomic mass is 10.0. The van der Waals surface area contributed by atoms with Crippen LogP contribution in [0.15, 0.2) is 18.2 Å². The van der Waals surface area contributed by atoms with Crippen LogP contribution in [0.4, 0.5) is 5.69 Å². The topological polar surface area (TPSA) is 92.9 Å². The highest BCUT2D eigenvalue weighted by Crippen LogP contribution is 2.17. The van der Waals surface area contributed by atoms with Crippen LogP contribution in [0.25, 0.3) is 0 Å². The van der Waals surface area contributed by atoms with E-state index < -0.39 is 5.91 Å². The molecule has 86 valence electrons. The van der Waals surface area contributed by atoms with Crippen molar-refractivity contribution in [1.82, 2.24) is 0 Å². The van der Waals surface area contributed by atoms with Crippen LogP contribution in [0.2, 0.25) is 0 Å². The summed E-state index contributed by atoms with van der Waals surface area (Å²) in [6, 6.07) is 7.17. The predicted molar refractivity (Wildman–Crippen MR) is 64.7 cm³/mol. The van der Waals surface area contributed by atoms with Gasteiger partial charge >= 0.3 is 0 Å². The van der Waals surface area contributed by atoms with Crippen LogP contribution in [0, 0.1) is 11.3 Å². The Hall–Kier alpha value is -2.02. The summed E-state index contributed by atoms with van der Waals surface area (Å²) in [5.41, 5.74) is 12.8. The second kappa shape index (κ2) is 7.30. The fourth-order valence-electron chi connectivity index (χ4n) is 1.40. The van der Waals surface area contributed by atoms with Gasteiger partial charge in [-0.15, -0.1) is 0 Å². The Kier molecular flexibility index (Phi) is 6.37. The Bertz CT molecular complexity index is 394. The lowest BCUT2D eigenvalue weighted by Crippen LogP contribution is -2.16. The maximum absolute atomic E-state index is 11.1. The van der Waals surface area contributed by atoms with Crippen LogP contribution in [0.3, 0.4) is 0 Å². The molecule has 0 bridgehead atoms. The number of nitrogens with zero attached hydrogens (tertiary/aromatic N) is 1. The third-order valence-corrected chi connectivity index (χ3v) is 1.95. The fraction of sp³-hybridized carbons (Fsp3) is 0.333. The Labute approximate surface area is 95.9 Å². The minimum absolute atomic E-state index is 0.443. The number of anilines is 1. The molecule has 4 nitrogen and oxygen atoms in total. The van der Waals surface area contributed by atoms with Crippen molar-refractivity contribution >= 4 is 11.6 Å². The van der Waals surface area contributed by atoms with Crippen molar-refractivity contribution in [2.24, 2.45) is 5.73 Å². The standard InChI is InChI=1S/C10H14N2O.C2H3N/c1-2-4-7-5-3-6-8(11)9(7)10(12)13;1-2-3/h3,5-6H,2,4,11H2,1H3,(H2,12,13);1H3. The molecule has 16 heavy (non-hydrogen) atoms. The third-order valence-electron chi connectivity index (χ3n) is 1.95. The number of rotatable bonds is 3. The van der Waals surface area contributed by atoms with Gasteiger partial charge in [0.15, 0.2) is 0 Å². The summed E-state index contributed by atoms with van der Waals surface area (Å²) < 4.78 is 0. The average molecular weight is 219 g/mol. The molecule has 0 aliphatic rings. The molecular weight excluding hydrogens is 202 g/mol. The van der Waals surface area contributed by atoms with Crippen LogP contribution in [-0.4, -0.2) is 5.91 Å². The van der Waals surface area contributed by atoms with Crippen LogP contribution in [0.1, 0.15) is 36.2 Å². The van der Waals surface area contributed by atoms with Crippen molar-refractivity contribution < 1.29 is 4.79 Å². The van der Waals surface area contributed by atoms with Gasteiger partial charge in [0.25, 0.3) is 5.91 Å². The zero-order valence-electron chi connectivity index (χ0n) is 9.66. The summed E-state index contributed by atoms with van der Waals surface area (Å²) in [5, 5.41) is 7.32. The van der Waals surface area contributed by atoms with E-state index in [0.29, 0.717) is 11.3 Å². The van der Waals surface area contributed by atoms with Crippen LogP contribution in [-0.2, 0) is 6.42 Å². The smallest absolute Gasteiger partial charge is 0.251 e. The molecule has 0 aromatic heterocycles. The maximum atomic E-state index is 11.1. The summed E-state index contributed by atoms with van der Waals surface area (Å²) >= 11 is 0. The first kappa shape index (κ1) is 14.0. The molecule has 0 saturated carbocycles. The van der Waals surface area contributed by atoms with E-state index in [0.717, 1.165) is 18.4 Å². The Morgan fingerprint density at radius 1 is 1.50 bits per heavy atom. The number of hydrogen-bond acceptors (Lipinski definition) is 3. The first-order valence-electron chi connectivity index (χ1n) is 5.06. The number of nitrogen functional groups attached to an aromatic ring is 1. The molecule has 1 amide bonds. The maximum Gasteiger partial charge on any atom is 0.251 e. The molecule has 1 aromatic carbocycles. The van der Waals surface area contributed by atoms with Gasteiger partial charge in [-0.3, -0.25) is 4.79 Å². The van der Waals surface area contributed by atoms with Gasteiger partial charge in [-0.2, -0.15) is 5.26 Å². The fourth-order valence-corrected chi connectivity index (χ4v) is 1.40. The monoisotopic (exact) mass is 219 g/mol. The van der Waals surface area contributed by atoms with Crippen molar-refractivity contribution in [3.63, 3.8) is 0 Å². The first-order valence-corrected chi connectivity index (χ1v) is 5.06. The highest BCUT2D eigenvalue weighted by Gasteiger charge is 2.10. The molecule has 1 rings (SSSR count). The minimum atomic E-state index is -0.443. The highest BCUT2D eigenvalue weighted by molar-refractivity contribution is 5.99. The molecule has 0 fully saturated rings. The number of hydrogen-bond donors (Lipinski definition) is 2. The predicted octanol–water partition coefficient (Wildman–Crippen LogP) is 1.85. The molecule has 4 heteroatoms. The van der Waals surface area contributed by atoms with Crippen molar-refractivity contribution in [3.05, 3.63) is 29.3 Å². The molecule has 0 radical (unpaired) electrons. The Morgan fingerprint density at radius 3 is 2.50 bits per heavy atom. The number of aryl methyl sites for hydroxylation is 1. The van der Waals surface area contributed by atoms with E-state index in [1.165, 1.54) is 6.92 Å². The van der Waals surface area contributed by atoms with E-state index in [-0.39, 0.29) is 0 Å². The number of primary amides is 1. The van der Waals surface area contributed by atoms with Crippen LogP contribution >= 0.6 is 0 Å². The van der Waals surface area contributed by atoms with E-state index in [9.17, 15) is 4.79 Å². The van der Waals surface area contributed by atoms with Gasteiger partial charge in [-0.25, -0.2) is 0 Å². The lowest BCUT2D eigenvalue weighted by Gasteiger charge is -2.07. The van der Waals surface area contributed by atoms with Crippen molar-refractivity contribution in [2.45, 2.75) is 26.7 Å². The van der Waals surface area contributed by atoms with Gasteiger partial charge < -0.3 is 11.5 Å². The van der Waals surface area contributed by atoms with E-state index in [4.69, 9.17) is 16.7 Å². The number of carbonyl (C=O) groups is 1. The largest absolute Gasteiger partial charge is 0.398 e. The van der Waals surface area contributed by atoms with Gasteiger partial charge in [0.05, 0.1) is 11.6 Å². The van der Waals surface area contributed by atoms with Crippen molar-refractivity contribution in [2.75, 3.05) is 5.73 Å². The second-order valence-corrected chi connectivity index (χ2v) is 3.22. The molecule has 0 unspecified atom stereocenters. The molecule has 0 heterocycles. The molecule has 0 spiro atoms. The summed E-state index contributed by atoms with van der Waals surface area (Å²) in [4.78, 5) is 11.1. The molecule has 1 aromatic rings. The molecule has 0 aliphatic heterocycles. The van der Waals surface area contributed by atoms with Crippen LogP contribution < -0.4 is 11.5 Å². The van der Waals surface area contributed by atoms with Gasteiger partial charge in [-0.05, 0) is 18.1 Å². The van der Waals surface area contributed by atoms with Gasteiger partial charge in [0.2, 0.25) is 0 Å². The molecular formula is C12H17N3O. The number of benzene rings is 1. The highest BCUT2D eigenvalue weighted by atomic mass is 16.1. The normalized spacial score (nSPS) is 8.56. The van der Waals surface area contributed by atoms with E-state index in [1.54, 1.807) is 12.1 Å². The second-order valence-electron chi connectivity index (χ2n) is 3.22. The summed E-state index contributed by atoms with van der Waals surface area (Å²) in [7, 11) is 0. The summed E-state index contributed by atoms with van der Waals surface area (Å²) in [6.07, 6.45) is 1.81. The van der Waals surface area contributed by atoms with Crippen molar-refractivity contribution in [3.8, 4) is 6.07 Å². The third kappa shape index (κ3) is 4.01. The molecule has 0 aliphatic carbocycles. The molecule has 0 saturated heterocycles. The van der Waals surface area contributed by atoms with Crippen molar-refractivity contribution in [1.29, 1.82) is 5.26 Å². The van der Waals surface area contributed by atoms with Gasteiger partial charge in [0, 0.05) is 12.6 Å². The summed E-state index contributed by atoms with van der Waals surface area (Å²) in [6.45, 7) is 3.48. The Balaban J connectivity index is 0.000000673. The Morgan fingerprint density at radius 2 is 2.06 bits per heavy atom. The van der Waals surface area contributed by atoms with E-state index in [2.05, 4.69) is 0 Å². The van der Waals surface area contributed by atoms with Crippen LogP contribution in [0.5, 0.6) is 0 Å². The van der Waals surface area contributed by atoms with E-state index in [1.807, 2.05) is 19.1 Å². The minimum Gasteiger partial charge on any atom is -0.398 e. The molecule has 4 N–H and O–H groups in total. The van der Waals surface area contributed by atoms with Gasteiger partial charge in [0.1, 0.15) is 0 Å². The summed E-state index contributed by atoms with van der Waals surface area (Å²) in [5.74, 6) is -0.443. The SMILES string of the molecule is CC#N.CCCc1cccc(N)c1C(N)=O. The quantitative estimate of drug-likeness (QED) is 0.760. The average Bonchev–Trinajstić information content (AvgIpc) is 2.18. The zero-order valence-corrected chi connectivity index (χ0v) is 9.66. The van der Waals surface area contributed by atoms with E-state index >= 15 is 0 Å². The van der Waals surface area contributed by atoms with Gasteiger partial charge in [-0.1, -0.05) is 25.5 Å². The zero-order chi connectivity index (χ0) is 12.6. The molecule has 0 atom stereocenters. The lowest BCUT2D eigenvalue weighted by molar-refractivity contribution is 0.100. The first-order chi connectivity index (χ1) is 7.58. The number of carbonyl (C=O) groups excluding carboxylic acids is 1.